The Labute approximate surface area is 113 Å². The van der Waals surface area contributed by atoms with E-state index in [2.05, 4.69) is 26.4 Å². The number of benzene rings is 1. The molecular formula is C13H13BrN2O2. The minimum Gasteiger partial charge on any atom is -0.351 e. The first-order chi connectivity index (χ1) is 8.60. The lowest BCUT2D eigenvalue weighted by atomic mass is 10.1. The molecule has 0 aliphatic rings. The van der Waals surface area contributed by atoms with Gasteiger partial charge in [0.1, 0.15) is 0 Å². The predicted molar refractivity (Wildman–Crippen MR) is 72.7 cm³/mol. The molecule has 0 aliphatic carbocycles. The van der Waals surface area contributed by atoms with Crippen molar-refractivity contribution in [2.24, 2.45) is 0 Å². The van der Waals surface area contributed by atoms with Gasteiger partial charge in [0.2, 0.25) is 5.76 Å². The first-order valence-electron chi connectivity index (χ1n) is 5.63. The normalized spacial score (nSPS) is 10.4. The summed E-state index contributed by atoms with van der Waals surface area (Å²) in [5, 5.41) is 6.52. The molecule has 1 heterocycles. The molecule has 5 heteroatoms. The zero-order chi connectivity index (χ0) is 13.1. The van der Waals surface area contributed by atoms with Gasteiger partial charge in [0.25, 0.3) is 5.91 Å². The number of rotatable bonds is 3. The van der Waals surface area contributed by atoms with E-state index in [4.69, 9.17) is 4.52 Å². The average molecular weight is 309 g/mol. The molecule has 0 radical (unpaired) electrons. The Balaban J connectivity index is 2.21. The van der Waals surface area contributed by atoms with Gasteiger partial charge in [0.05, 0.1) is 5.69 Å². The van der Waals surface area contributed by atoms with Crippen molar-refractivity contribution in [3.05, 3.63) is 45.8 Å². The zero-order valence-electron chi connectivity index (χ0n) is 10.2. The number of anilines is 1. The van der Waals surface area contributed by atoms with Crippen molar-refractivity contribution in [1.82, 2.24) is 5.16 Å². The molecular weight excluding hydrogens is 296 g/mol. The summed E-state index contributed by atoms with van der Waals surface area (Å²) in [5.41, 5.74) is 2.54. The second-order valence-corrected chi connectivity index (χ2v) is 4.86. The summed E-state index contributed by atoms with van der Waals surface area (Å²) in [5.74, 6) is -0.0647. The predicted octanol–water partition coefficient (Wildman–Crippen LogP) is 3.56. The van der Waals surface area contributed by atoms with Gasteiger partial charge in [0, 0.05) is 16.2 Å². The minimum absolute atomic E-state index is 0.220. The summed E-state index contributed by atoms with van der Waals surface area (Å²) < 4.78 is 5.92. The Kier molecular flexibility index (Phi) is 3.81. The maximum Gasteiger partial charge on any atom is 0.294 e. The van der Waals surface area contributed by atoms with E-state index in [0.29, 0.717) is 5.69 Å². The number of aromatic nitrogens is 1. The number of nitrogens with zero attached hydrogens (tertiary/aromatic N) is 1. The highest BCUT2D eigenvalue weighted by Gasteiger charge is 2.13. The highest BCUT2D eigenvalue weighted by Crippen LogP contribution is 2.22. The lowest BCUT2D eigenvalue weighted by Crippen LogP contribution is -2.12. The van der Waals surface area contributed by atoms with Gasteiger partial charge in [-0.1, -0.05) is 28.0 Å². The molecule has 1 amide bonds. The van der Waals surface area contributed by atoms with Gasteiger partial charge in [-0.3, -0.25) is 4.79 Å². The van der Waals surface area contributed by atoms with Gasteiger partial charge >= 0.3 is 0 Å². The molecule has 1 aromatic carbocycles. The molecule has 0 atom stereocenters. The number of hydrogen-bond acceptors (Lipinski definition) is 3. The fraction of sp³-hybridized carbons (Fsp3) is 0.231. The van der Waals surface area contributed by atoms with Crippen LogP contribution in [0.2, 0.25) is 0 Å². The van der Waals surface area contributed by atoms with Gasteiger partial charge < -0.3 is 9.84 Å². The lowest BCUT2D eigenvalue weighted by molar-refractivity contribution is 0.0988. The van der Waals surface area contributed by atoms with E-state index in [0.717, 1.165) is 22.1 Å². The number of carbonyl (C=O) groups is 1. The van der Waals surface area contributed by atoms with Crippen molar-refractivity contribution in [2.75, 3.05) is 5.32 Å². The number of nitrogens with one attached hydrogen (secondary N) is 1. The van der Waals surface area contributed by atoms with Crippen LogP contribution in [0.4, 0.5) is 5.69 Å². The van der Waals surface area contributed by atoms with Crippen LogP contribution in [0, 0.1) is 6.92 Å². The van der Waals surface area contributed by atoms with E-state index in [9.17, 15) is 4.79 Å². The lowest BCUT2D eigenvalue weighted by Gasteiger charge is -2.08. The maximum absolute atomic E-state index is 11.9. The van der Waals surface area contributed by atoms with Gasteiger partial charge in [0.15, 0.2) is 0 Å². The second-order valence-electron chi connectivity index (χ2n) is 3.94. The molecule has 0 saturated heterocycles. The molecule has 1 N–H and O–H groups in total. The summed E-state index contributed by atoms with van der Waals surface area (Å²) in [6.45, 7) is 3.81. The van der Waals surface area contributed by atoms with E-state index >= 15 is 0 Å². The van der Waals surface area contributed by atoms with Gasteiger partial charge in [-0.15, -0.1) is 0 Å². The summed E-state index contributed by atoms with van der Waals surface area (Å²) in [6.07, 6.45) is 0.838. The number of amides is 1. The molecule has 2 aromatic rings. The van der Waals surface area contributed by atoms with Crippen molar-refractivity contribution < 1.29 is 9.32 Å². The molecule has 1 aromatic heterocycles. The average Bonchev–Trinajstić information content (AvgIpc) is 2.78. The largest absolute Gasteiger partial charge is 0.351 e. The quantitative estimate of drug-likeness (QED) is 0.943. The molecule has 0 fully saturated rings. The first kappa shape index (κ1) is 12.8. The molecule has 0 unspecified atom stereocenters. The highest BCUT2D eigenvalue weighted by molar-refractivity contribution is 9.10. The standard InChI is InChI=1S/C13H13BrN2O2/c1-3-9-7-10(14)4-5-11(9)15-13(17)12-6-8(2)16-18-12/h4-7H,3H2,1-2H3,(H,15,17). The summed E-state index contributed by atoms with van der Waals surface area (Å²) in [6, 6.07) is 7.35. The van der Waals surface area contributed by atoms with E-state index in [1.54, 1.807) is 13.0 Å². The van der Waals surface area contributed by atoms with Crippen molar-refractivity contribution in [3.8, 4) is 0 Å². The van der Waals surface area contributed by atoms with Crippen LogP contribution in [-0.4, -0.2) is 11.1 Å². The maximum atomic E-state index is 11.9. The van der Waals surface area contributed by atoms with Crippen LogP contribution in [0.25, 0.3) is 0 Å². The molecule has 0 aliphatic heterocycles. The summed E-state index contributed by atoms with van der Waals surface area (Å²) in [4.78, 5) is 11.9. The fourth-order valence-corrected chi connectivity index (χ4v) is 2.04. The first-order valence-corrected chi connectivity index (χ1v) is 6.42. The van der Waals surface area contributed by atoms with Crippen LogP contribution >= 0.6 is 15.9 Å². The Bertz CT molecular complexity index is 578. The van der Waals surface area contributed by atoms with Crippen LogP contribution in [-0.2, 0) is 6.42 Å². The minimum atomic E-state index is -0.285. The third kappa shape index (κ3) is 2.79. The van der Waals surface area contributed by atoms with Gasteiger partial charge in [-0.2, -0.15) is 0 Å². The Morgan fingerprint density at radius 1 is 1.44 bits per heavy atom. The third-order valence-corrected chi connectivity index (χ3v) is 3.04. The van der Waals surface area contributed by atoms with Gasteiger partial charge in [-0.25, -0.2) is 0 Å². The number of carbonyl (C=O) groups excluding carboxylic acids is 1. The fourth-order valence-electron chi connectivity index (χ4n) is 1.63. The smallest absolute Gasteiger partial charge is 0.294 e. The third-order valence-electron chi connectivity index (χ3n) is 2.55. The summed E-state index contributed by atoms with van der Waals surface area (Å²) in [7, 11) is 0. The van der Waals surface area contributed by atoms with Crippen LogP contribution in [0.1, 0.15) is 28.7 Å². The molecule has 4 nitrogen and oxygen atoms in total. The van der Waals surface area contributed by atoms with Crippen LogP contribution in [0.15, 0.2) is 33.3 Å². The molecule has 0 spiro atoms. The molecule has 94 valence electrons. The monoisotopic (exact) mass is 308 g/mol. The SMILES string of the molecule is CCc1cc(Br)ccc1NC(=O)c1cc(C)no1. The van der Waals surface area contributed by atoms with E-state index in [1.807, 2.05) is 25.1 Å². The van der Waals surface area contributed by atoms with E-state index in [1.165, 1.54) is 0 Å². The Hall–Kier alpha value is -1.62. The molecule has 18 heavy (non-hydrogen) atoms. The Morgan fingerprint density at radius 3 is 2.83 bits per heavy atom. The number of aryl methyl sites for hydroxylation is 2. The number of hydrogen-bond donors (Lipinski definition) is 1. The topological polar surface area (TPSA) is 55.1 Å². The van der Waals surface area contributed by atoms with Crippen molar-refractivity contribution >= 4 is 27.5 Å². The van der Waals surface area contributed by atoms with Crippen molar-refractivity contribution in [3.63, 3.8) is 0 Å². The summed E-state index contributed by atoms with van der Waals surface area (Å²) >= 11 is 3.41. The van der Waals surface area contributed by atoms with E-state index in [-0.39, 0.29) is 11.7 Å². The van der Waals surface area contributed by atoms with Crippen LogP contribution in [0.3, 0.4) is 0 Å². The van der Waals surface area contributed by atoms with Gasteiger partial charge in [-0.05, 0) is 37.1 Å². The molecule has 0 saturated carbocycles. The Morgan fingerprint density at radius 2 is 2.22 bits per heavy atom. The van der Waals surface area contributed by atoms with Crippen molar-refractivity contribution in [2.45, 2.75) is 20.3 Å². The van der Waals surface area contributed by atoms with Crippen LogP contribution in [0.5, 0.6) is 0 Å². The zero-order valence-corrected chi connectivity index (χ0v) is 11.7. The molecule has 2 rings (SSSR count). The van der Waals surface area contributed by atoms with E-state index < -0.39 is 0 Å². The number of halogens is 1. The highest BCUT2D eigenvalue weighted by atomic mass is 79.9. The van der Waals surface area contributed by atoms with Crippen LogP contribution < -0.4 is 5.32 Å². The second kappa shape index (κ2) is 5.35. The molecule has 0 bridgehead atoms. The van der Waals surface area contributed by atoms with Crippen molar-refractivity contribution in [1.29, 1.82) is 0 Å².